The number of carboxylic acids is 1. The quantitative estimate of drug-likeness (QED) is 0.541. The van der Waals surface area contributed by atoms with Crippen LogP contribution < -0.4 is 10.9 Å². The Morgan fingerprint density at radius 2 is 1.70 bits per heavy atom. The first-order chi connectivity index (χ1) is 11.0. The minimum absolute atomic E-state index is 0.117. The van der Waals surface area contributed by atoms with E-state index in [0.717, 1.165) is 50.9 Å². The minimum atomic E-state index is -0.660. The molecule has 0 aromatic heterocycles. The second-order valence-electron chi connectivity index (χ2n) is 7.50. The van der Waals surface area contributed by atoms with Crippen molar-refractivity contribution < 1.29 is 15.0 Å². The van der Waals surface area contributed by atoms with E-state index in [1.807, 2.05) is 0 Å². The van der Waals surface area contributed by atoms with E-state index in [-0.39, 0.29) is 18.1 Å². The number of rotatable bonds is 7. The van der Waals surface area contributed by atoms with Crippen molar-refractivity contribution >= 4 is 5.97 Å². The molecule has 2 rings (SSSR count). The summed E-state index contributed by atoms with van der Waals surface area (Å²) in [4.78, 5) is 11.0. The molecule has 0 heterocycles. The van der Waals surface area contributed by atoms with E-state index in [4.69, 9.17) is 5.11 Å². The zero-order chi connectivity index (χ0) is 16.8. The summed E-state index contributed by atoms with van der Waals surface area (Å²) < 4.78 is 0. The summed E-state index contributed by atoms with van der Waals surface area (Å²) in [6.07, 6.45) is 8.49. The SMILES string of the molecule is CCC(CC)C1CCC(O)C(NNC2CCC(C(=O)O)CC2)C1. The molecule has 3 unspecified atom stereocenters. The molecule has 134 valence electrons. The van der Waals surface area contributed by atoms with Gasteiger partial charge >= 0.3 is 5.97 Å². The fraction of sp³-hybridized carbons (Fsp3) is 0.944. The number of carboxylic acid groups (broad SMARTS) is 1. The first kappa shape index (κ1) is 18.7. The van der Waals surface area contributed by atoms with Crippen LogP contribution in [0.15, 0.2) is 0 Å². The normalized spacial score (nSPS) is 35.4. The minimum Gasteiger partial charge on any atom is -0.481 e. The summed E-state index contributed by atoms with van der Waals surface area (Å²) >= 11 is 0. The van der Waals surface area contributed by atoms with Gasteiger partial charge in [-0.15, -0.1) is 0 Å². The Hall–Kier alpha value is -0.650. The third-order valence-electron chi connectivity index (χ3n) is 6.12. The van der Waals surface area contributed by atoms with Gasteiger partial charge in [-0.25, -0.2) is 0 Å². The van der Waals surface area contributed by atoms with Gasteiger partial charge in [-0.2, -0.15) is 0 Å². The van der Waals surface area contributed by atoms with Gasteiger partial charge in [0, 0.05) is 12.1 Å². The van der Waals surface area contributed by atoms with Gasteiger partial charge in [0.05, 0.1) is 12.0 Å². The van der Waals surface area contributed by atoms with Crippen molar-refractivity contribution in [1.82, 2.24) is 10.9 Å². The Balaban J connectivity index is 1.76. The van der Waals surface area contributed by atoms with Crippen LogP contribution in [0.1, 0.15) is 71.6 Å². The number of aliphatic carboxylic acids is 1. The molecule has 0 saturated heterocycles. The lowest BCUT2D eigenvalue weighted by atomic mass is 9.75. The molecule has 0 aliphatic heterocycles. The number of nitrogens with one attached hydrogen (secondary N) is 2. The van der Waals surface area contributed by atoms with Crippen molar-refractivity contribution in [2.45, 2.75) is 89.8 Å². The predicted octanol–water partition coefficient (Wildman–Crippen LogP) is 2.69. The Labute approximate surface area is 140 Å². The van der Waals surface area contributed by atoms with Crippen LogP contribution in [0.5, 0.6) is 0 Å². The predicted molar refractivity (Wildman–Crippen MR) is 90.9 cm³/mol. The van der Waals surface area contributed by atoms with Gasteiger partial charge in [-0.05, 0) is 56.8 Å². The summed E-state index contributed by atoms with van der Waals surface area (Å²) in [5, 5.41) is 19.3. The molecule has 4 N–H and O–H groups in total. The Kier molecular flexibility index (Phi) is 7.31. The topological polar surface area (TPSA) is 81.6 Å². The number of aliphatic hydroxyl groups excluding tert-OH is 1. The number of carbonyl (C=O) groups is 1. The molecule has 2 saturated carbocycles. The molecule has 2 fully saturated rings. The number of aliphatic hydroxyl groups is 1. The first-order valence-electron chi connectivity index (χ1n) is 9.47. The summed E-state index contributed by atoms with van der Waals surface area (Å²) in [5.74, 6) is 0.632. The van der Waals surface area contributed by atoms with E-state index in [9.17, 15) is 9.90 Å². The fourth-order valence-corrected chi connectivity index (χ4v) is 4.44. The molecule has 0 bridgehead atoms. The van der Waals surface area contributed by atoms with Crippen LogP contribution in [0.3, 0.4) is 0 Å². The summed E-state index contributed by atoms with van der Waals surface area (Å²) in [5.41, 5.74) is 6.74. The van der Waals surface area contributed by atoms with Crippen LogP contribution in [0.4, 0.5) is 0 Å². The van der Waals surface area contributed by atoms with E-state index in [2.05, 4.69) is 24.7 Å². The molecule has 0 amide bonds. The molecule has 0 radical (unpaired) electrons. The maximum Gasteiger partial charge on any atom is 0.306 e. The molecule has 5 nitrogen and oxygen atoms in total. The lowest BCUT2D eigenvalue weighted by Gasteiger charge is -2.38. The van der Waals surface area contributed by atoms with Gasteiger partial charge in [0.2, 0.25) is 0 Å². The highest BCUT2D eigenvalue weighted by Crippen LogP contribution is 2.34. The molecule has 2 aliphatic carbocycles. The van der Waals surface area contributed by atoms with Gasteiger partial charge in [-0.3, -0.25) is 15.6 Å². The van der Waals surface area contributed by atoms with Crippen LogP contribution in [0.2, 0.25) is 0 Å². The van der Waals surface area contributed by atoms with E-state index in [1.54, 1.807) is 0 Å². The van der Waals surface area contributed by atoms with Gasteiger partial charge in [-0.1, -0.05) is 26.7 Å². The molecule has 0 aromatic rings. The Morgan fingerprint density at radius 3 is 2.26 bits per heavy atom. The van der Waals surface area contributed by atoms with Crippen LogP contribution in [0, 0.1) is 17.8 Å². The van der Waals surface area contributed by atoms with Crippen LogP contribution in [-0.2, 0) is 4.79 Å². The molecule has 2 aliphatic rings. The maximum atomic E-state index is 11.0. The first-order valence-corrected chi connectivity index (χ1v) is 9.47. The highest BCUT2D eigenvalue weighted by Gasteiger charge is 2.33. The molecular formula is C18H34N2O3. The van der Waals surface area contributed by atoms with Crippen molar-refractivity contribution in [2.24, 2.45) is 17.8 Å². The molecule has 3 atom stereocenters. The Morgan fingerprint density at radius 1 is 1.04 bits per heavy atom. The lowest BCUT2D eigenvalue weighted by molar-refractivity contribution is -0.142. The second-order valence-corrected chi connectivity index (χ2v) is 7.50. The third-order valence-corrected chi connectivity index (χ3v) is 6.12. The number of hydrogen-bond donors (Lipinski definition) is 4. The number of hydrogen-bond acceptors (Lipinski definition) is 4. The third kappa shape index (κ3) is 5.16. The zero-order valence-corrected chi connectivity index (χ0v) is 14.6. The second kappa shape index (κ2) is 9.00. The van der Waals surface area contributed by atoms with E-state index in [1.165, 1.54) is 12.8 Å². The summed E-state index contributed by atoms with van der Waals surface area (Å²) in [6.45, 7) is 4.53. The van der Waals surface area contributed by atoms with Crippen molar-refractivity contribution in [1.29, 1.82) is 0 Å². The fourth-order valence-electron chi connectivity index (χ4n) is 4.44. The van der Waals surface area contributed by atoms with Crippen molar-refractivity contribution in [3.8, 4) is 0 Å². The average Bonchev–Trinajstić information content (AvgIpc) is 2.56. The molecule has 23 heavy (non-hydrogen) atoms. The monoisotopic (exact) mass is 326 g/mol. The summed E-state index contributed by atoms with van der Waals surface area (Å²) in [6, 6.07) is 0.442. The van der Waals surface area contributed by atoms with Gasteiger partial charge in [0.25, 0.3) is 0 Å². The van der Waals surface area contributed by atoms with Gasteiger partial charge < -0.3 is 10.2 Å². The lowest BCUT2D eigenvalue weighted by Crippen LogP contribution is -2.54. The standard InChI is InChI=1S/C18H34N2O3/c1-3-12(4-2)14-7-10-17(21)16(11-14)20-19-15-8-5-13(6-9-15)18(22)23/h12-17,19-21H,3-11H2,1-2H3,(H,22,23). The summed E-state index contributed by atoms with van der Waals surface area (Å²) in [7, 11) is 0. The smallest absolute Gasteiger partial charge is 0.306 e. The van der Waals surface area contributed by atoms with Crippen LogP contribution >= 0.6 is 0 Å². The van der Waals surface area contributed by atoms with Crippen molar-refractivity contribution in [2.75, 3.05) is 0 Å². The Bertz CT molecular complexity index is 365. The number of hydrazine groups is 1. The van der Waals surface area contributed by atoms with Gasteiger partial charge in [0.1, 0.15) is 0 Å². The highest BCUT2D eigenvalue weighted by molar-refractivity contribution is 5.70. The highest BCUT2D eigenvalue weighted by atomic mass is 16.4. The largest absolute Gasteiger partial charge is 0.481 e. The van der Waals surface area contributed by atoms with Crippen LogP contribution in [-0.4, -0.2) is 34.4 Å². The zero-order valence-electron chi connectivity index (χ0n) is 14.6. The van der Waals surface area contributed by atoms with Gasteiger partial charge in [0.15, 0.2) is 0 Å². The van der Waals surface area contributed by atoms with E-state index < -0.39 is 5.97 Å². The average molecular weight is 326 g/mol. The van der Waals surface area contributed by atoms with Crippen molar-refractivity contribution in [3.63, 3.8) is 0 Å². The molecular weight excluding hydrogens is 292 g/mol. The van der Waals surface area contributed by atoms with E-state index in [0.29, 0.717) is 12.0 Å². The maximum absolute atomic E-state index is 11.0. The van der Waals surface area contributed by atoms with Crippen molar-refractivity contribution in [3.05, 3.63) is 0 Å². The van der Waals surface area contributed by atoms with E-state index >= 15 is 0 Å². The molecule has 5 heteroatoms. The molecule has 0 spiro atoms. The van der Waals surface area contributed by atoms with Crippen LogP contribution in [0.25, 0.3) is 0 Å². The molecule has 0 aromatic carbocycles.